The lowest BCUT2D eigenvalue weighted by Crippen LogP contribution is -2.35. The number of nitrogens with one attached hydrogen (secondary N) is 1. The molecule has 1 heterocycles. The summed E-state index contributed by atoms with van der Waals surface area (Å²) in [6.45, 7) is 3.79. The molecule has 138 valence electrons. The number of hydrogen-bond donors (Lipinski definition) is 2. The molecule has 0 saturated carbocycles. The summed E-state index contributed by atoms with van der Waals surface area (Å²) in [5, 5.41) is 9.28. The van der Waals surface area contributed by atoms with Crippen LogP contribution in [0.15, 0.2) is 53.4 Å². The number of benzene rings is 2. The second-order valence-corrected chi connectivity index (χ2v) is 8.33. The average Bonchev–Trinajstić information content (AvgIpc) is 2.62. The van der Waals surface area contributed by atoms with Crippen molar-refractivity contribution in [3.63, 3.8) is 0 Å². The molecule has 3 rings (SSSR count). The van der Waals surface area contributed by atoms with Crippen molar-refractivity contribution < 1.29 is 18.3 Å². The summed E-state index contributed by atoms with van der Waals surface area (Å²) < 4.78 is 28.0. The zero-order valence-electron chi connectivity index (χ0n) is 14.6. The van der Waals surface area contributed by atoms with Crippen molar-refractivity contribution in [3.05, 3.63) is 54.1 Å². The van der Waals surface area contributed by atoms with Crippen molar-refractivity contribution in [1.29, 1.82) is 0 Å². The third-order valence-electron chi connectivity index (χ3n) is 4.54. The minimum atomic E-state index is -3.80. The highest BCUT2D eigenvalue weighted by molar-refractivity contribution is 7.92. The number of piperidine rings is 1. The molecule has 1 fully saturated rings. The normalized spacial score (nSPS) is 17.7. The second kappa shape index (κ2) is 7.37. The van der Waals surface area contributed by atoms with Gasteiger partial charge >= 0.3 is 5.97 Å². The van der Waals surface area contributed by atoms with Crippen LogP contribution in [0.4, 0.5) is 11.4 Å². The van der Waals surface area contributed by atoms with Gasteiger partial charge in [-0.15, -0.1) is 0 Å². The van der Waals surface area contributed by atoms with Gasteiger partial charge in [0.15, 0.2) is 0 Å². The number of carbonyl (C=O) groups is 1. The number of anilines is 2. The molecular weight excluding hydrogens is 352 g/mol. The van der Waals surface area contributed by atoms with Gasteiger partial charge in [0.05, 0.1) is 21.8 Å². The Balaban J connectivity index is 2.00. The van der Waals surface area contributed by atoms with Gasteiger partial charge in [0.25, 0.3) is 10.0 Å². The minimum absolute atomic E-state index is 0.0459. The Hall–Kier alpha value is -2.54. The van der Waals surface area contributed by atoms with E-state index in [1.165, 1.54) is 24.3 Å². The summed E-state index contributed by atoms with van der Waals surface area (Å²) >= 11 is 0. The van der Waals surface area contributed by atoms with Gasteiger partial charge in [-0.05, 0) is 49.1 Å². The summed E-state index contributed by atoms with van der Waals surface area (Å²) in [5.74, 6) is -0.592. The molecule has 0 aliphatic carbocycles. The minimum Gasteiger partial charge on any atom is -0.478 e. The highest BCUT2D eigenvalue weighted by atomic mass is 32.2. The Bertz CT molecular complexity index is 897. The van der Waals surface area contributed by atoms with Gasteiger partial charge in [-0.3, -0.25) is 4.72 Å². The van der Waals surface area contributed by atoms with Crippen LogP contribution in [0.2, 0.25) is 0 Å². The van der Waals surface area contributed by atoms with E-state index in [2.05, 4.69) is 16.5 Å². The lowest BCUT2D eigenvalue weighted by atomic mass is 9.99. The maximum absolute atomic E-state index is 12.7. The van der Waals surface area contributed by atoms with Crippen LogP contribution in [0.25, 0.3) is 0 Å². The van der Waals surface area contributed by atoms with E-state index >= 15 is 0 Å². The van der Waals surface area contributed by atoms with E-state index in [1.807, 2.05) is 0 Å². The SMILES string of the molecule is C[C@@H]1CCCN(c2ccc(C(=O)O)cc2NS(=O)(=O)c2ccccc2)C1. The Morgan fingerprint density at radius 2 is 1.92 bits per heavy atom. The number of nitrogens with zero attached hydrogens (tertiary/aromatic N) is 1. The molecule has 1 atom stereocenters. The fourth-order valence-corrected chi connectivity index (χ4v) is 4.32. The van der Waals surface area contributed by atoms with Gasteiger partial charge in [-0.2, -0.15) is 0 Å². The fraction of sp³-hybridized carbons (Fsp3) is 0.316. The van der Waals surface area contributed by atoms with Gasteiger partial charge in [0, 0.05) is 13.1 Å². The summed E-state index contributed by atoms with van der Waals surface area (Å²) in [6.07, 6.45) is 2.15. The first-order chi connectivity index (χ1) is 12.4. The van der Waals surface area contributed by atoms with Crippen LogP contribution in [0.5, 0.6) is 0 Å². The first-order valence-corrected chi connectivity index (χ1v) is 10.1. The number of sulfonamides is 1. The Labute approximate surface area is 153 Å². The van der Waals surface area contributed by atoms with Crippen LogP contribution < -0.4 is 9.62 Å². The van der Waals surface area contributed by atoms with E-state index in [0.29, 0.717) is 17.3 Å². The highest BCUT2D eigenvalue weighted by Crippen LogP contribution is 2.32. The smallest absolute Gasteiger partial charge is 0.335 e. The molecule has 1 saturated heterocycles. The fourth-order valence-electron chi connectivity index (χ4n) is 3.24. The summed E-state index contributed by atoms with van der Waals surface area (Å²) in [4.78, 5) is 13.6. The third kappa shape index (κ3) is 3.99. The van der Waals surface area contributed by atoms with Crippen molar-refractivity contribution in [2.75, 3.05) is 22.7 Å². The van der Waals surface area contributed by atoms with Gasteiger partial charge < -0.3 is 10.0 Å². The van der Waals surface area contributed by atoms with Crippen LogP contribution in [0, 0.1) is 5.92 Å². The number of aromatic carboxylic acids is 1. The standard InChI is InChI=1S/C19H22N2O4S/c1-14-6-5-11-21(13-14)18-10-9-15(19(22)23)12-17(18)20-26(24,25)16-7-3-2-4-8-16/h2-4,7-10,12,14,20H,5-6,11,13H2,1H3,(H,22,23)/t14-/m1/s1. The van der Waals surface area contributed by atoms with Crippen LogP contribution in [-0.2, 0) is 10.0 Å². The molecule has 26 heavy (non-hydrogen) atoms. The highest BCUT2D eigenvalue weighted by Gasteiger charge is 2.23. The molecule has 0 unspecified atom stereocenters. The van der Waals surface area contributed by atoms with Crippen molar-refractivity contribution >= 4 is 27.4 Å². The maximum atomic E-state index is 12.7. The van der Waals surface area contributed by atoms with Crippen molar-refractivity contribution in [1.82, 2.24) is 0 Å². The zero-order chi connectivity index (χ0) is 18.7. The van der Waals surface area contributed by atoms with E-state index in [4.69, 9.17) is 0 Å². The number of hydrogen-bond acceptors (Lipinski definition) is 4. The molecule has 1 aliphatic heterocycles. The average molecular weight is 374 g/mol. The molecule has 6 nitrogen and oxygen atoms in total. The van der Waals surface area contributed by atoms with E-state index < -0.39 is 16.0 Å². The largest absolute Gasteiger partial charge is 0.478 e. The topological polar surface area (TPSA) is 86.7 Å². The molecule has 2 N–H and O–H groups in total. The lowest BCUT2D eigenvalue weighted by Gasteiger charge is -2.34. The molecule has 0 radical (unpaired) electrons. The molecule has 2 aromatic carbocycles. The Morgan fingerprint density at radius 3 is 2.58 bits per heavy atom. The number of carboxylic acid groups (broad SMARTS) is 1. The van der Waals surface area contributed by atoms with Crippen LogP contribution in [-0.4, -0.2) is 32.6 Å². The molecule has 0 aromatic heterocycles. The maximum Gasteiger partial charge on any atom is 0.335 e. The van der Waals surface area contributed by atoms with E-state index in [-0.39, 0.29) is 10.5 Å². The second-order valence-electron chi connectivity index (χ2n) is 6.65. The molecule has 1 aliphatic rings. The van der Waals surface area contributed by atoms with E-state index in [9.17, 15) is 18.3 Å². The van der Waals surface area contributed by atoms with Gasteiger partial charge in [0.1, 0.15) is 0 Å². The molecule has 0 spiro atoms. The molecule has 0 bridgehead atoms. The van der Waals surface area contributed by atoms with E-state index in [0.717, 1.165) is 25.9 Å². The first kappa shape index (κ1) is 18.3. The van der Waals surface area contributed by atoms with Crippen LogP contribution >= 0.6 is 0 Å². The van der Waals surface area contributed by atoms with Crippen molar-refractivity contribution in [2.45, 2.75) is 24.7 Å². The number of rotatable bonds is 5. The quantitative estimate of drug-likeness (QED) is 0.837. The third-order valence-corrected chi connectivity index (χ3v) is 5.92. The van der Waals surface area contributed by atoms with Gasteiger partial charge in [-0.25, -0.2) is 13.2 Å². The zero-order valence-corrected chi connectivity index (χ0v) is 15.4. The van der Waals surface area contributed by atoms with Gasteiger partial charge in [-0.1, -0.05) is 25.1 Å². The summed E-state index contributed by atoms with van der Waals surface area (Å²) in [7, 11) is -3.80. The van der Waals surface area contributed by atoms with Crippen LogP contribution in [0.3, 0.4) is 0 Å². The Morgan fingerprint density at radius 1 is 1.19 bits per heavy atom. The van der Waals surface area contributed by atoms with Crippen LogP contribution in [0.1, 0.15) is 30.1 Å². The molecule has 7 heteroatoms. The lowest BCUT2D eigenvalue weighted by molar-refractivity contribution is 0.0697. The predicted molar refractivity (Wildman–Crippen MR) is 101 cm³/mol. The molecular formula is C19H22N2O4S. The monoisotopic (exact) mass is 374 g/mol. The first-order valence-electron chi connectivity index (χ1n) is 8.57. The summed E-state index contributed by atoms with van der Waals surface area (Å²) in [5.41, 5.74) is 1.05. The van der Waals surface area contributed by atoms with E-state index in [1.54, 1.807) is 24.3 Å². The number of carboxylic acids is 1. The van der Waals surface area contributed by atoms with Crippen molar-refractivity contribution in [2.24, 2.45) is 5.92 Å². The molecule has 0 amide bonds. The predicted octanol–water partition coefficient (Wildman–Crippen LogP) is 3.42. The van der Waals surface area contributed by atoms with Crippen molar-refractivity contribution in [3.8, 4) is 0 Å². The van der Waals surface area contributed by atoms with Gasteiger partial charge in [0.2, 0.25) is 0 Å². The Kier molecular flexibility index (Phi) is 5.18. The molecule has 2 aromatic rings. The summed E-state index contributed by atoms with van der Waals surface area (Å²) in [6, 6.07) is 12.6.